The fraction of sp³-hybridized carbons (Fsp3) is 0.250. The number of aromatic nitrogens is 4. The van der Waals surface area contributed by atoms with E-state index in [1.807, 2.05) is 20.2 Å². The maximum absolute atomic E-state index is 10.9. The van der Waals surface area contributed by atoms with E-state index < -0.39 is 4.92 Å². The largest absolute Gasteiger partial charge is 0.351 e. The lowest BCUT2D eigenvalue weighted by molar-refractivity contribution is -0.383. The van der Waals surface area contributed by atoms with Crippen molar-refractivity contribution in [3.63, 3.8) is 0 Å². The van der Waals surface area contributed by atoms with Crippen molar-refractivity contribution >= 4 is 28.1 Å². The lowest BCUT2D eigenvalue weighted by Crippen LogP contribution is -1.96. The molecule has 0 aliphatic carbocycles. The fourth-order valence-electron chi connectivity index (χ4n) is 2.15. The average molecular weight is 288 g/mol. The topological polar surface area (TPSA) is 112 Å². The Balaban J connectivity index is 2.07. The molecule has 9 heteroatoms. The van der Waals surface area contributed by atoms with Crippen LogP contribution in [-0.4, -0.2) is 25.0 Å². The standard InChI is InChI=1S/C12H12N6O3/c1-3-7-9(6-17(2)14-7)13-8-4-5-10(18(19)20)12-11(8)15-21-16-12/h4-6,13H,3H2,1-2H3. The van der Waals surface area contributed by atoms with Gasteiger partial charge in [-0.25, -0.2) is 4.63 Å². The highest BCUT2D eigenvalue weighted by atomic mass is 16.6. The molecule has 1 aromatic carbocycles. The van der Waals surface area contributed by atoms with Crippen LogP contribution >= 0.6 is 0 Å². The third kappa shape index (κ3) is 2.18. The number of nitro benzene ring substituents is 1. The van der Waals surface area contributed by atoms with Crippen molar-refractivity contribution in [2.45, 2.75) is 13.3 Å². The van der Waals surface area contributed by atoms with E-state index in [1.165, 1.54) is 6.07 Å². The van der Waals surface area contributed by atoms with E-state index >= 15 is 0 Å². The molecule has 0 unspecified atom stereocenters. The SMILES string of the molecule is CCc1nn(C)cc1Nc1ccc([N+](=O)[O-])c2nonc12. The molecule has 0 amide bonds. The maximum Gasteiger partial charge on any atom is 0.300 e. The Morgan fingerprint density at radius 1 is 1.33 bits per heavy atom. The number of nitrogens with one attached hydrogen (secondary N) is 1. The number of anilines is 2. The molecule has 0 aliphatic heterocycles. The van der Waals surface area contributed by atoms with Gasteiger partial charge in [0.2, 0.25) is 5.52 Å². The van der Waals surface area contributed by atoms with Crippen molar-refractivity contribution in [2.24, 2.45) is 7.05 Å². The number of nitro groups is 1. The molecule has 0 aliphatic rings. The van der Waals surface area contributed by atoms with Gasteiger partial charge in [-0.05, 0) is 22.8 Å². The van der Waals surface area contributed by atoms with Crippen LogP contribution in [0.15, 0.2) is 23.0 Å². The Morgan fingerprint density at radius 2 is 2.10 bits per heavy atom. The van der Waals surface area contributed by atoms with Gasteiger partial charge in [-0.3, -0.25) is 14.8 Å². The molecule has 21 heavy (non-hydrogen) atoms. The first-order chi connectivity index (χ1) is 10.1. The minimum atomic E-state index is -0.516. The monoisotopic (exact) mass is 288 g/mol. The van der Waals surface area contributed by atoms with Crippen molar-refractivity contribution in [3.8, 4) is 0 Å². The van der Waals surface area contributed by atoms with Gasteiger partial charge in [-0.2, -0.15) is 5.10 Å². The smallest absolute Gasteiger partial charge is 0.300 e. The number of fused-ring (bicyclic) bond motifs is 1. The summed E-state index contributed by atoms with van der Waals surface area (Å²) in [5, 5.41) is 25.8. The summed E-state index contributed by atoms with van der Waals surface area (Å²) in [7, 11) is 1.83. The number of nitrogens with zero attached hydrogens (tertiary/aromatic N) is 5. The molecule has 0 bridgehead atoms. The molecule has 9 nitrogen and oxygen atoms in total. The molecule has 3 aromatic rings. The molecule has 0 radical (unpaired) electrons. The highest BCUT2D eigenvalue weighted by Crippen LogP contribution is 2.31. The van der Waals surface area contributed by atoms with Crippen LogP contribution in [0.2, 0.25) is 0 Å². The van der Waals surface area contributed by atoms with E-state index in [0.29, 0.717) is 11.2 Å². The van der Waals surface area contributed by atoms with E-state index in [0.717, 1.165) is 17.8 Å². The zero-order valence-electron chi connectivity index (χ0n) is 11.4. The van der Waals surface area contributed by atoms with Crippen molar-refractivity contribution < 1.29 is 9.55 Å². The van der Waals surface area contributed by atoms with E-state index in [2.05, 4.69) is 25.4 Å². The number of hydrogen-bond donors (Lipinski definition) is 1. The second-order valence-corrected chi connectivity index (χ2v) is 4.49. The zero-order valence-corrected chi connectivity index (χ0v) is 11.4. The summed E-state index contributed by atoms with van der Waals surface area (Å²) in [5.41, 5.74) is 2.58. The summed E-state index contributed by atoms with van der Waals surface area (Å²) in [5.74, 6) is 0. The average Bonchev–Trinajstić information content (AvgIpc) is 3.05. The first-order valence-electron chi connectivity index (χ1n) is 6.29. The molecule has 2 aromatic heterocycles. The predicted molar refractivity (Wildman–Crippen MR) is 74.3 cm³/mol. The summed E-state index contributed by atoms with van der Waals surface area (Å²) in [6.07, 6.45) is 2.59. The molecular weight excluding hydrogens is 276 g/mol. The maximum atomic E-state index is 10.9. The van der Waals surface area contributed by atoms with Crippen molar-refractivity contribution in [2.75, 3.05) is 5.32 Å². The third-order valence-corrected chi connectivity index (χ3v) is 3.10. The van der Waals surface area contributed by atoms with E-state index in [9.17, 15) is 10.1 Å². The van der Waals surface area contributed by atoms with Crippen LogP contribution in [0.5, 0.6) is 0 Å². The van der Waals surface area contributed by atoms with Crippen LogP contribution in [-0.2, 0) is 13.5 Å². The molecule has 0 spiro atoms. The van der Waals surface area contributed by atoms with Crippen LogP contribution in [0.25, 0.3) is 11.0 Å². The normalized spacial score (nSPS) is 11.0. The molecule has 2 heterocycles. The molecule has 108 valence electrons. The van der Waals surface area contributed by atoms with Crippen molar-refractivity contribution in [1.29, 1.82) is 0 Å². The van der Waals surface area contributed by atoms with Gasteiger partial charge in [-0.1, -0.05) is 6.92 Å². The lowest BCUT2D eigenvalue weighted by atomic mass is 10.2. The third-order valence-electron chi connectivity index (χ3n) is 3.10. The van der Waals surface area contributed by atoms with Crippen LogP contribution in [0.3, 0.4) is 0 Å². The Labute approximate surface area is 118 Å². The van der Waals surface area contributed by atoms with E-state index in [4.69, 9.17) is 0 Å². The first kappa shape index (κ1) is 13.0. The summed E-state index contributed by atoms with van der Waals surface area (Å²) < 4.78 is 6.33. The highest BCUT2D eigenvalue weighted by molar-refractivity contribution is 5.94. The molecule has 3 rings (SSSR count). The quantitative estimate of drug-likeness (QED) is 0.578. The first-order valence-corrected chi connectivity index (χ1v) is 6.29. The second-order valence-electron chi connectivity index (χ2n) is 4.49. The van der Waals surface area contributed by atoms with E-state index in [-0.39, 0.29) is 11.2 Å². The van der Waals surface area contributed by atoms with Crippen LogP contribution < -0.4 is 5.32 Å². The van der Waals surface area contributed by atoms with Gasteiger partial charge in [0, 0.05) is 19.3 Å². The van der Waals surface area contributed by atoms with Crippen molar-refractivity contribution in [1.82, 2.24) is 20.1 Å². The van der Waals surface area contributed by atoms with Gasteiger partial charge in [0.15, 0.2) is 5.52 Å². The molecule has 0 saturated heterocycles. The molecule has 0 atom stereocenters. The number of hydrogen-bond acceptors (Lipinski definition) is 7. The van der Waals surface area contributed by atoms with Crippen molar-refractivity contribution in [3.05, 3.63) is 34.1 Å². The number of benzene rings is 1. The van der Waals surface area contributed by atoms with Crippen LogP contribution in [0.1, 0.15) is 12.6 Å². The molecule has 0 saturated carbocycles. The number of aryl methyl sites for hydroxylation is 2. The fourth-order valence-corrected chi connectivity index (χ4v) is 2.15. The second kappa shape index (κ2) is 4.85. The van der Waals surface area contributed by atoms with Crippen LogP contribution in [0.4, 0.5) is 17.1 Å². The van der Waals surface area contributed by atoms with Gasteiger partial charge < -0.3 is 5.32 Å². The van der Waals surface area contributed by atoms with Gasteiger partial charge in [0.1, 0.15) is 0 Å². The number of rotatable bonds is 4. The number of non-ortho nitro benzene ring substituents is 1. The van der Waals surface area contributed by atoms with Gasteiger partial charge in [0.05, 0.1) is 22.0 Å². The Kier molecular flexibility index (Phi) is 3.01. The summed E-state index contributed by atoms with van der Waals surface area (Å²) in [6, 6.07) is 2.95. The summed E-state index contributed by atoms with van der Waals surface area (Å²) >= 11 is 0. The molecular formula is C12H12N6O3. The minimum Gasteiger partial charge on any atom is -0.351 e. The Morgan fingerprint density at radius 3 is 2.81 bits per heavy atom. The highest BCUT2D eigenvalue weighted by Gasteiger charge is 2.20. The van der Waals surface area contributed by atoms with Crippen LogP contribution in [0, 0.1) is 10.1 Å². The van der Waals surface area contributed by atoms with E-state index in [1.54, 1.807) is 10.7 Å². The summed E-state index contributed by atoms with van der Waals surface area (Å²) in [6.45, 7) is 2.00. The Bertz CT molecular complexity index is 822. The van der Waals surface area contributed by atoms with Gasteiger partial charge in [-0.15, -0.1) is 0 Å². The Hall–Kier alpha value is -2.97. The van der Waals surface area contributed by atoms with Gasteiger partial charge in [0.25, 0.3) is 0 Å². The molecule has 1 N–H and O–H groups in total. The lowest BCUT2D eigenvalue weighted by Gasteiger charge is -2.05. The zero-order chi connectivity index (χ0) is 15.0. The minimum absolute atomic E-state index is 0.118. The van der Waals surface area contributed by atoms with Gasteiger partial charge >= 0.3 is 5.69 Å². The molecule has 0 fully saturated rings. The predicted octanol–water partition coefficient (Wildman–Crippen LogP) is 2.17. The summed E-state index contributed by atoms with van der Waals surface area (Å²) in [4.78, 5) is 10.4.